The van der Waals surface area contributed by atoms with Gasteiger partial charge in [-0.05, 0) is 57.1 Å². The molecule has 6 rings (SSSR count). The van der Waals surface area contributed by atoms with Crippen molar-refractivity contribution in [3.63, 3.8) is 0 Å². The smallest absolute Gasteiger partial charge is 0.0476 e. The molecule has 5 aromatic rings. The molecule has 1 aliphatic heterocycles. The second kappa shape index (κ2) is 5.46. The maximum Gasteiger partial charge on any atom is 0.0476 e. The molecule has 1 nitrogen and oxygen atoms in total. The maximum absolute atomic E-state index is 3.71. The summed E-state index contributed by atoms with van der Waals surface area (Å²) in [5.74, 6) is 0. The fraction of sp³-hybridized carbons (Fsp3) is 0. The Hall–Kier alpha value is -3.58. The summed E-state index contributed by atoms with van der Waals surface area (Å²) in [6.07, 6.45) is 0. The number of fused-ring (bicyclic) bond motifs is 3. The van der Waals surface area contributed by atoms with E-state index < -0.39 is 0 Å². The van der Waals surface area contributed by atoms with Crippen LogP contribution in [0.2, 0.25) is 0 Å². The summed E-state index contributed by atoms with van der Waals surface area (Å²) >= 11 is 0. The molecule has 0 saturated carbocycles. The van der Waals surface area contributed by atoms with Crippen LogP contribution in [-0.2, 0) is 0 Å². The molecule has 0 aromatic heterocycles. The predicted molar refractivity (Wildman–Crippen MR) is 116 cm³/mol. The molecule has 0 bridgehead atoms. The summed E-state index contributed by atoms with van der Waals surface area (Å²) in [6, 6.07) is 34.9. The molecular weight excluding hydrogens is 326 g/mol. The second-order valence-corrected chi connectivity index (χ2v) is 7.16. The molecule has 0 fully saturated rings. The topological polar surface area (TPSA) is 12.0 Å². The molecule has 0 unspecified atom stereocenters. The van der Waals surface area contributed by atoms with Gasteiger partial charge in [0.15, 0.2) is 0 Å². The third kappa shape index (κ3) is 2.18. The Kier molecular flexibility index (Phi) is 2.95. The molecule has 1 N–H and O–H groups in total. The minimum Gasteiger partial charge on any atom is -0.354 e. The van der Waals surface area contributed by atoms with Gasteiger partial charge in [0.2, 0.25) is 0 Å². The van der Waals surface area contributed by atoms with Gasteiger partial charge in [-0.1, -0.05) is 72.8 Å². The first-order chi connectivity index (χ1) is 13.4. The predicted octanol–water partition coefficient (Wildman–Crippen LogP) is 7.38. The molecule has 0 aliphatic carbocycles. The summed E-state index contributed by atoms with van der Waals surface area (Å²) in [5, 5.41) is 8.83. The molecule has 0 amide bonds. The fourth-order valence-electron chi connectivity index (χ4n) is 4.26. The monoisotopic (exact) mass is 343 g/mol. The summed E-state index contributed by atoms with van der Waals surface area (Å²) < 4.78 is 0. The number of hydrogen-bond donors (Lipinski definition) is 1. The molecular formula is C26H17N. The van der Waals surface area contributed by atoms with Crippen LogP contribution in [0, 0.1) is 0 Å². The molecule has 0 radical (unpaired) electrons. The van der Waals surface area contributed by atoms with Crippen molar-refractivity contribution in [1.29, 1.82) is 0 Å². The summed E-state index contributed by atoms with van der Waals surface area (Å²) in [4.78, 5) is 0. The minimum absolute atomic E-state index is 1.18. The Morgan fingerprint density at radius 3 is 2.04 bits per heavy atom. The molecule has 1 heteroatoms. The zero-order valence-corrected chi connectivity index (χ0v) is 14.7. The number of benzene rings is 5. The first-order valence-corrected chi connectivity index (χ1v) is 9.29. The van der Waals surface area contributed by atoms with Crippen LogP contribution in [0.3, 0.4) is 0 Å². The highest BCUT2D eigenvalue weighted by Gasteiger charge is 2.19. The van der Waals surface area contributed by atoms with Gasteiger partial charge in [0.1, 0.15) is 0 Å². The quantitative estimate of drug-likeness (QED) is 0.328. The van der Waals surface area contributed by atoms with Crippen LogP contribution in [0.4, 0.5) is 11.4 Å². The van der Waals surface area contributed by atoms with Gasteiger partial charge < -0.3 is 5.32 Å². The Labute approximate surface area is 157 Å². The molecule has 1 heterocycles. The molecule has 0 saturated heterocycles. The van der Waals surface area contributed by atoms with E-state index in [-0.39, 0.29) is 0 Å². The van der Waals surface area contributed by atoms with Crippen molar-refractivity contribution in [2.75, 3.05) is 5.32 Å². The van der Waals surface area contributed by atoms with Gasteiger partial charge in [-0.2, -0.15) is 0 Å². The van der Waals surface area contributed by atoms with Gasteiger partial charge >= 0.3 is 0 Å². The van der Waals surface area contributed by atoms with E-state index in [4.69, 9.17) is 0 Å². The number of rotatable bonds is 1. The Balaban J connectivity index is 1.66. The Morgan fingerprint density at radius 2 is 1.19 bits per heavy atom. The normalized spacial score (nSPS) is 12.0. The second-order valence-electron chi connectivity index (χ2n) is 7.16. The van der Waals surface area contributed by atoms with Crippen LogP contribution >= 0.6 is 0 Å². The van der Waals surface area contributed by atoms with Gasteiger partial charge in [-0.3, -0.25) is 0 Å². The van der Waals surface area contributed by atoms with Gasteiger partial charge in [0.25, 0.3) is 0 Å². The van der Waals surface area contributed by atoms with Gasteiger partial charge in [-0.15, -0.1) is 0 Å². The average molecular weight is 343 g/mol. The lowest BCUT2D eigenvalue weighted by Crippen LogP contribution is -2.01. The van der Waals surface area contributed by atoms with Crippen LogP contribution in [0.15, 0.2) is 97.1 Å². The number of hydrogen-bond acceptors (Lipinski definition) is 1. The van der Waals surface area contributed by atoms with E-state index >= 15 is 0 Å². The molecule has 126 valence electrons. The first kappa shape index (κ1) is 14.6. The van der Waals surface area contributed by atoms with Crippen LogP contribution in [-0.4, -0.2) is 0 Å². The number of nitrogens with one attached hydrogen (secondary N) is 1. The molecule has 0 spiro atoms. The zero-order valence-electron chi connectivity index (χ0n) is 14.7. The third-order valence-electron chi connectivity index (χ3n) is 5.53. The SMILES string of the molecule is c1ccc(-c2cc3c4c(cccc4c2)-c2cc4ccccc4cc2N3)cc1. The standard InChI is InChI=1S/C26H17N/c1-2-7-17(8-3-1)21-13-20-11-6-12-22-23-14-18-9-4-5-10-19(18)15-24(23)27-25(16-21)26(20)22/h1-16,27H. The van der Waals surface area contributed by atoms with E-state index in [0.717, 1.165) is 0 Å². The molecule has 27 heavy (non-hydrogen) atoms. The summed E-state index contributed by atoms with van der Waals surface area (Å²) in [5.41, 5.74) is 7.43. The van der Waals surface area contributed by atoms with Crippen LogP contribution < -0.4 is 5.32 Å². The van der Waals surface area contributed by atoms with E-state index in [9.17, 15) is 0 Å². The van der Waals surface area contributed by atoms with Crippen molar-refractivity contribution in [2.45, 2.75) is 0 Å². The highest BCUT2D eigenvalue weighted by molar-refractivity contribution is 6.14. The zero-order chi connectivity index (χ0) is 17.8. The van der Waals surface area contributed by atoms with Crippen LogP contribution in [0.5, 0.6) is 0 Å². The van der Waals surface area contributed by atoms with Gasteiger partial charge in [0.05, 0.1) is 0 Å². The van der Waals surface area contributed by atoms with Crippen molar-refractivity contribution >= 4 is 32.9 Å². The van der Waals surface area contributed by atoms with Crippen LogP contribution in [0.25, 0.3) is 43.8 Å². The van der Waals surface area contributed by atoms with E-state index in [2.05, 4.69) is 102 Å². The average Bonchev–Trinajstić information content (AvgIpc) is 2.73. The third-order valence-corrected chi connectivity index (χ3v) is 5.53. The molecule has 1 aliphatic rings. The highest BCUT2D eigenvalue weighted by atomic mass is 14.9. The minimum atomic E-state index is 1.18. The summed E-state index contributed by atoms with van der Waals surface area (Å²) in [6.45, 7) is 0. The fourth-order valence-corrected chi connectivity index (χ4v) is 4.26. The van der Waals surface area contributed by atoms with Crippen molar-refractivity contribution in [3.05, 3.63) is 97.1 Å². The number of anilines is 2. The van der Waals surface area contributed by atoms with Crippen molar-refractivity contribution in [2.24, 2.45) is 0 Å². The highest BCUT2D eigenvalue weighted by Crippen LogP contribution is 2.46. The van der Waals surface area contributed by atoms with E-state index in [0.29, 0.717) is 0 Å². The lowest BCUT2D eigenvalue weighted by molar-refractivity contribution is 1.54. The first-order valence-electron chi connectivity index (χ1n) is 9.29. The lowest BCUT2D eigenvalue weighted by Gasteiger charge is -2.24. The van der Waals surface area contributed by atoms with Gasteiger partial charge in [-0.25, -0.2) is 0 Å². The molecule has 5 aromatic carbocycles. The van der Waals surface area contributed by atoms with Gasteiger partial charge in [0, 0.05) is 22.3 Å². The Morgan fingerprint density at radius 1 is 0.444 bits per heavy atom. The van der Waals surface area contributed by atoms with E-state index in [1.165, 1.54) is 55.2 Å². The lowest BCUT2D eigenvalue weighted by atomic mass is 9.89. The van der Waals surface area contributed by atoms with Crippen molar-refractivity contribution in [1.82, 2.24) is 0 Å². The van der Waals surface area contributed by atoms with E-state index in [1.807, 2.05) is 0 Å². The largest absolute Gasteiger partial charge is 0.354 e. The summed E-state index contributed by atoms with van der Waals surface area (Å²) in [7, 11) is 0. The maximum atomic E-state index is 3.71. The van der Waals surface area contributed by atoms with E-state index in [1.54, 1.807) is 0 Å². The molecule has 0 atom stereocenters. The van der Waals surface area contributed by atoms with Crippen LogP contribution in [0.1, 0.15) is 0 Å². The van der Waals surface area contributed by atoms with Crippen molar-refractivity contribution < 1.29 is 0 Å². The van der Waals surface area contributed by atoms with Crippen molar-refractivity contribution in [3.8, 4) is 22.3 Å². The Bertz CT molecular complexity index is 1330.